The Balaban J connectivity index is 1.65. The molecule has 1 aliphatic carbocycles. The molecule has 1 heterocycles. The number of benzene rings is 1. The number of ether oxygens (including phenoxy) is 1. The highest BCUT2D eigenvalue weighted by atomic mass is 32.2. The Hall–Kier alpha value is -1.75. The van der Waals surface area contributed by atoms with E-state index in [4.69, 9.17) is 4.74 Å². The Morgan fingerprint density at radius 3 is 2.43 bits per heavy atom. The van der Waals surface area contributed by atoms with Crippen molar-refractivity contribution in [3.05, 3.63) is 34.7 Å². The molecule has 0 aromatic heterocycles. The van der Waals surface area contributed by atoms with E-state index in [-0.39, 0.29) is 11.1 Å². The zero-order chi connectivity index (χ0) is 14.7. The van der Waals surface area contributed by atoms with Crippen molar-refractivity contribution in [1.82, 2.24) is 5.32 Å². The Labute approximate surface area is 127 Å². The van der Waals surface area contributed by atoms with Gasteiger partial charge < -0.3 is 4.74 Å². The first-order chi connectivity index (χ1) is 10.2. The molecule has 0 radical (unpaired) electrons. The van der Waals surface area contributed by atoms with Crippen LogP contribution in [0.15, 0.2) is 29.2 Å². The summed E-state index contributed by atoms with van der Waals surface area (Å²) in [5.41, 5.74) is 0.887. The van der Waals surface area contributed by atoms with Gasteiger partial charge in [0.25, 0.3) is 11.1 Å². The number of hydrogen-bond donors (Lipinski definition) is 1. The van der Waals surface area contributed by atoms with E-state index >= 15 is 0 Å². The van der Waals surface area contributed by atoms with Crippen LogP contribution in [0.3, 0.4) is 0 Å². The van der Waals surface area contributed by atoms with Crippen LogP contribution in [-0.2, 0) is 4.79 Å². The molecule has 4 nitrogen and oxygen atoms in total. The predicted octanol–water partition coefficient (Wildman–Crippen LogP) is 3.72. The molecule has 1 aliphatic heterocycles. The second-order valence-corrected chi connectivity index (χ2v) is 6.31. The highest BCUT2D eigenvalue weighted by Crippen LogP contribution is 2.27. The van der Waals surface area contributed by atoms with Crippen molar-refractivity contribution in [2.24, 2.45) is 0 Å². The fourth-order valence-corrected chi connectivity index (χ4v) is 3.27. The van der Waals surface area contributed by atoms with E-state index in [1.165, 1.54) is 19.3 Å². The van der Waals surface area contributed by atoms with Crippen LogP contribution in [-0.4, -0.2) is 17.3 Å². The summed E-state index contributed by atoms with van der Waals surface area (Å²) in [5, 5.41) is 1.93. The monoisotopic (exact) mass is 303 g/mol. The molecule has 3 rings (SSSR count). The molecule has 2 amide bonds. The van der Waals surface area contributed by atoms with Crippen LogP contribution in [0.5, 0.6) is 5.75 Å². The second kappa shape index (κ2) is 6.35. The summed E-state index contributed by atoms with van der Waals surface area (Å²) in [4.78, 5) is 23.0. The molecule has 0 unspecified atom stereocenters. The van der Waals surface area contributed by atoms with Crippen molar-refractivity contribution < 1.29 is 14.3 Å². The van der Waals surface area contributed by atoms with Gasteiger partial charge in [0.1, 0.15) is 5.75 Å². The van der Waals surface area contributed by atoms with E-state index in [9.17, 15) is 9.59 Å². The Morgan fingerprint density at radius 1 is 1.10 bits per heavy atom. The predicted molar refractivity (Wildman–Crippen MR) is 83.0 cm³/mol. The highest BCUT2D eigenvalue weighted by molar-refractivity contribution is 8.18. The maximum Gasteiger partial charge on any atom is 0.290 e. The maximum absolute atomic E-state index is 11.5. The minimum Gasteiger partial charge on any atom is -0.490 e. The Bertz CT molecular complexity index is 574. The number of hydrogen-bond acceptors (Lipinski definition) is 4. The molecule has 1 aromatic carbocycles. The fourth-order valence-electron chi connectivity index (χ4n) is 2.59. The third-order valence-corrected chi connectivity index (χ3v) is 4.49. The summed E-state index contributed by atoms with van der Waals surface area (Å²) in [7, 11) is 0. The number of thioether (sulfide) groups is 1. The number of rotatable bonds is 3. The number of amides is 2. The van der Waals surface area contributed by atoms with Gasteiger partial charge in [0.2, 0.25) is 0 Å². The average Bonchev–Trinajstić information content (AvgIpc) is 2.80. The van der Waals surface area contributed by atoms with Crippen LogP contribution in [0.1, 0.15) is 37.7 Å². The van der Waals surface area contributed by atoms with Crippen LogP contribution >= 0.6 is 11.8 Å². The lowest BCUT2D eigenvalue weighted by molar-refractivity contribution is -0.115. The van der Waals surface area contributed by atoms with Gasteiger partial charge in [-0.2, -0.15) is 0 Å². The summed E-state index contributed by atoms with van der Waals surface area (Å²) in [6.45, 7) is 0. The lowest BCUT2D eigenvalue weighted by atomic mass is 9.98. The largest absolute Gasteiger partial charge is 0.490 e. The minimum absolute atomic E-state index is 0.316. The van der Waals surface area contributed by atoms with Gasteiger partial charge in [-0.15, -0.1) is 0 Å². The van der Waals surface area contributed by atoms with E-state index in [1.54, 1.807) is 6.08 Å². The molecule has 1 N–H and O–H groups in total. The first kappa shape index (κ1) is 14.2. The third kappa shape index (κ3) is 3.67. The normalized spacial score (nSPS) is 21.6. The quantitative estimate of drug-likeness (QED) is 0.865. The number of nitrogens with one attached hydrogen (secondary N) is 1. The van der Waals surface area contributed by atoms with Gasteiger partial charge in [-0.05, 0) is 61.2 Å². The Kier molecular flexibility index (Phi) is 4.29. The van der Waals surface area contributed by atoms with Crippen molar-refractivity contribution in [3.63, 3.8) is 0 Å². The summed E-state index contributed by atoms with van der Waals surface area (Å²) in [5.74, 6) is 0.538. The maximum atomic E-state index is 11.5. The van der Waals surface area contributed by atoms with E-state index in [2.05, 4.69) is 5.32 Å². The fraction of sp³-hybridized carbons (Fsp3) is 0.375. The van der Waals surface area contributed by atoms with Crippen molar-refractivity contribution in [3.8, 4) is 5.75 Å². The standard InChI is InChI=1S/C16H17NO3S/c18-15-14(21-16(19)17-15)10-11-6-8-13(9-7-11)20-12-4-2-1-3-5-12/h6-10,12H,1-5H2,(H,17,18,19)/b14-10-. The number of imide groups is 1. The van der Waals surface area contributed by atoms with Crippen LogP contribution in [0.2, 0.25) is 0 Å². The van der Waals surface area contributed by atoms with Crippen molar-refractivity contribution in [1.29, 1.82) is 0 Å². The summed E-state index contributed by atoms with van der Waals surface area (Å²) in [6.07, 6.45) is 8.11. The molecule has 1 aromatic rings. The average molecular weight is 303 g/mol. The molecular weight excluding hydrogens is 286 g/mol. The lowest BCUT2D eigenvalue weighted by Crippen LogP contribution is -2.19. The minimum atomic E-state index is -0.326. The highest BCUT2D eigenvalue weighted by Gasteiger charge is 2.24. The van der Waals surface area contributed by atoms with E-state index < -0.39 is 0 Å². The molecular formula is C16H17NO3S. The summed E-state index contributed by atoms with van der Waals surface area (Å²) in [6, 6.07) is 7.64. The first-order valence-corrected chi connectivity index (χ1v) is 8.04. The first-order valence-electron chi connectivity index (χ1n) is 7.22. The molecule has 2 fully saturated rings. The molecule has 21 heavy (non-hydrogen) atoms. The summed E-state index contributed by atoms with van der Waals surface area (Å²) < 4.78 is 5.96. The lowest BCUT2D eigenvalue weighted by Gasteiger charge is -2.22. The SMILES string of the molecule is O=C1NC(=O)/C(=C/c2ccc(OC3CCCCC3)cc2)S1. The van der Waals surface area contributed by atoms with Crippen LogP contribution in [0, 0.1) is 0 Å². The van der Waals surface area contributed by atoms with E-state index in [1.807, 2.05) is 24.3 Å². The van der Waals surface area contributed by atoms with Crippen LogP contribution in [0.4, 0.5) is 4.79 Å². The van der Waals surface area contributed by atoms with Crippen molar-refractivity contribution in [2.45, 2.75) is 38.2 Å². The van der Waals surface area contributed by atoms with Crippen molar-refractivity contribution in [2.75, 3.05) is 0 Å². The Morgan fingerprint density at radius 2 is 1.81 bits per heavy atom. The van der Waals surface area contributed by atoms with E-state index in [0.29, 0.717) is 11.0 Å². The van der Waals surface area contributed by atoms with Gasteiger partial charge in [0, 0.05) is 0 Å². The van der Waals surface area contributed by atoms with Crippen LogP contribution in [0.25, 0.3) is 6.08 Å². The third-order valence-electron chi connectivity index (χ3n) is 3.67. The van der Waals surface area contributed by atoms with Gasteiger partial charge in [0.15, 0.2) is 0 Å². The van der Waals surface area contributed by atoms with Crippen LogP contribution < -0.4 is 10.1 Å². The van der Waals surface area contributed by atoms with E-state index in [0.717, 1.165) is 35.9 Å². The molecule has 110 valence electrons. The van der Waals surface area contributed by atoms with Gasteiger partial charge in [-0.1, -0.05) is 18.6 Å². The molecule has 5 heteroatoms. The molecule has 0 spiro atoms. The molecule has 0 bridgehead atoms. The smallest absolute Gasteiger partial charge is 0.290 e. The number of carbonyl (C=O) groups is 2. The molecule has 1 saturated heterocycles. The van der Waals surface area contributed by atoms with Crippen molar-refractivity contribution >= 4 is 29.0 Å². The van der Waals surface area contributed by atoms with Gasteiger partial charge in [-0.25, -0.2) is 0 Å². The summed E-state index contributed by atoms with van der Waals surface area (Å²) >= 11 is 0.931. The number of carbonyl (C=O) groups excluding carboxylic acids is 2. The topological polar surface area (TPSA) is 55.4 Å². The van der Waals surface area contributed by atoms with Gasteiger partial charge in [0.05, 0.1) is 11.0 Å². The zero-order valence-electron chi connectivity index (χ0n) is 11.6. The van der Waals surface area contributed by atoms with Gasteiger partial charge >= 0.3 is 0 Å². The molecule has 2 aliphatic rings. The van der Waals surface area contributed by atoms with Gasteiger partial charge in [-0.3, -0.25) is 14.9 Å². The molecule has 0 atom stereocenters. The second-order valence-electron chi connectivity index (χ2n) is 5.30. The molecule has 1 saturated carbocycles. The zero-order valence-corrected chi connectivity index (χ0v) is 12.4.